The minimum atomic E-state index is -0.624. The summed E-state index contributed by atoms with van der Waals surface area (Å²) in [4.78, 5) is 4.30. The number of rotatable bonds is 3. The lowest BCUT2D eigenvalue weighted by Crippen LogP contribution is -2.16. The van der Waals surface area contributed by atoms with Crippen LogP contribution in [0.2, 0.25) is 0 Å². The van der Waals surface area contributed by atoms with Gasteiger partial charge >= 0.3 is 0 Å². The number of aliphatic hydroxyl groups is 1. The highest BCUT2D eigenvalue weighted by Gasteiger charge is 2.21. The van der Waals surface area contributed by atoms with Gasteiger partial charge in [0.15, 0.2) is 11.5 Å². The first-order valence-corrected chi connectivity index (χ1v) is 6.74. The van der Waals surface area contributed by atoms with Crippen molar-refractivity contribution in [3.05, 3.63) is 53.9 Å². The van der Waals surface area contributed by atoms with Gasteiger partial charge in [0.05, 0.1) is 6.10 Å². The molecular formula is C16H17NO3. The summed E-state index contributed by atoms with van der Waals surface area (Å²) in [5.74, 6) is 1.34. The van der Waals surface area contributed by atoms with E-state index < -0.39 is 6.10 Å². The summed E-state index contributed by atoms with van der Waals surface area (Å²) < 4.78 is 11.0. The average Bonchev–Trinajstić information content (AvgIpc) is 2.54. The number of nitrogens with zero attached hydrogens (tertiary/aromatic N) is 1. The normalized spacial score (nSPS) is 16.5. The molecule has 0 aliphatic carbocycles. The van der Waals surface area contributed by atoms with E-state index in [4.69, 9.17) is 9.47 Å². The molecule has 0 fully saturated rings. The SMILES string of the molecule is CC(c1ccccn1)C(O)c1ccc2c(c1)OCCO2. The first-order valence-electron chi connectivity index (χ1n) is 6.74. The summed E-state index contributed by atoms with van der Waals surface area (Å²) in [5, 5.41) is 10.5. The molecule has 1 N–H and O–H groups in total. The van der Waals surface area contributed by atoms with Crippen LogP contribution in [0, 0.1) is 0 Å². The number of hydrogen-bond donors (Lipinski definition) is 1. The van der Waals surface area contributed by atoms with Crippen molar-refractivity contribution in [1.29, 1.82) is 0 Å². The minimum absolute atomic E-state index is 0.0845. The van der Waals surface area contributed by atoms with Crippen molar-refractivity contribution in [1.82, 2.24) is 4.98 Å². The topological polar surface area (TPSA) is 51.6 Å². The van der Waals surface area contributed by atoms with Crippen molar-refractivity contribution in [2.45, 2.75) is 18.9 Å². The molecule has 4 heteroatoms. The van der Waals surface area contributed by atoms with E-state index in [-0.39, 0.29) is 5.92 Å². The Labute approximate surface area is 118 Å². The molecule has 2 atom stereocenters. The number of hydrogen-bond acceptors (Lipinski definition) is 4. The van der Waals surface area contributed by atoms with Crippen molar-refractivity contribution in [2.75, 3.05) is 13.2 Å². The van der Waals surface area contributed by atoms with Crippen LogP contribution in [-0.2, 0) is 0 Å². The third kappa shape index (κ3) is 2.47. The smallest absolute Gasteiger partial charge is 0.161 e. The molecule has 4 nitrogen and oxygen atoms in total. The van der Waals surface area contributed by atoms with Gasteiger partial charge in [-0.3, -0.25) is 4.98 Å². The number of ether oxygens (including phenoxy) is 2. The van der Waals surface area contributed by atoms with Gasteiger partial charge in [-0.05, 0) is 29.8 Å². The summed E-state index contributed by atoms with van der Waals surface area (Å²) >= 11 is 0. The second-order valence-corrected chi connectivity index (χ2v) is 4.89. The number of aliphatic hydroxyl groups excluding tert-OH is 1. The van der Waals surface area contributed by atoms with Gasteiger partial charge < -0.3 is 14.6 Å². The van der Waals surface area contributed by atoms with Crippen LogP contribution in [0.3, 0.4) is 0 Å². The second kappa shape index (κ2) is 5.51. The van der Waals surface area contributed by atoms with Crippen molar-refractivity contribution in [2.24, 2.45) is 0 Å². The van der Waals surface area contributed by atoms with E-state index in [1.54, 1.807) is 6.20 Å². The molecule has 2 unspecified atom stereocenters. The molecule has 0 saturated heterocycles. The van der Waals surface area contributed by atoms with Crippen LogP contribution >= 0.6 is 0 Å². The molecule has 2 aromatic rings. The largest absolute Gasteiger partial charge is 0.486 e. The van der Waals surface area contributed by atoms with Crippen LogP contribution < -0.4 is 9.47 Å². The lowest BCUT2D eigenvalue weighted by molar-refractivity contribution is 0.146. The fourth-order valence-electron chi connectivity index (χ4n) is 2.34. The molecule has 104 valence electrons. The second-order valence-electron chi connectivity index (χ2n) is 4.89. The highest BCUT2D eigenvalue weighted by molar-refractivity contribution is 5.44. The standard InChI is InChI=1S/C16H17NO3/c1-11(13-4-2-3-7-17-13)16(18)12-5-6-14-15(10-12)20-9-8-19-14/h2-7,10-11,16,18H,8-9H2,1H3. The molecule has 1 aliphatic rings. The zero-order valence-electron chi connectivity index (χ0n) is 11.3. The quantitative estimate of drug-likeness (QED) is 0.932. The van der Waals surface area contributed by atoms with E-state index in [2.05, 4.69) is 4.98 Å². The van der Waals surface area contributed by atoms with Gasteiger partial charge in [0.2, 0.25) is 0 Å². The van der Waals surface area contributed by atoms with Crippen LogP contribution in [0.25, 0.3) is 0 Å². The molecule has 0 spiro atoms. The summed E-state index contributed by atoms with van der Waals surface area (Å²) in [7, 11) is 0. The Hall–Kier alpha value is -2.07. The van der Waals surface area contributed by atoms with Crippen LogP contribution in [-0.4, -0.2) is 23.3 Å². The van der Waals surface area contributed by atoms with E-state index in [1.807, 2.05) is 43.3 Å². The van der Waals surface area contributed by atoms with E-state index in [0.29, 0.717) is 19.0 Å². The van der Waals surface area contributed by atoms with Crippen molar-refractivity contribution in [3.63, 3.8) is 0 Å². The Kier molecular flexibility index (Phi) is 3.56. The molecular weight excluding hydrogens is 254 g/mol. The highest BCUT2D eigenvalue weighted by Crippen LogP contribution is 2.36. The molecule has 0 radical (unpaired) electrons. The Balaban J connectivity index is 1.85. The maximum absolute atomic E-state index is 10.5. The van der Waals surface area contributed by atoms with Crippen molar-refractivity contribution < 1.29 is 14.6 Å². The van der Waals surface area contributed by atoms with Gasteiger partial charge in [0, 0.05) is 17.8 Å². The minimum Gasteiger partial charge on any atom is -0.486 e. The molecule has 0 saturated carbocycles. The molecule has 1 aliphatic heterocycles. The number of fused-ring (bicyclic) bond motifs is 1. The lowest BCUT2D eigenvalue weighted by atomic mass is 9.94. The molecule has 0 amide bonds. The predicted octanol–water partition coefficient (Wildman–Crippen LogP) is 2.69. The van der Waals surface area contributed by atoms with Gasteiger partial charge in [-0.15, -0.1) is 0 Å². The van der Waals surface area contributed by atoms with Gasteiger partial charge in [0.25, 0.3) is 0 Å². The lowest BCUT2D eigenvalue weighted by Gasteiger charge is -2.22. The molecule has 0 bridgehead atoms. The van der Waals surface area contributed by atoms with E-state index in [0.717, 1.165) is 17.0 Å². The monoisotopic (exact) mass is 271 g/mol. The van der Waals surface area contributed by atoms with Crippen molar-refractivity contribution in [3.8, 4) is 11.5 Å². The van der Waals surface area contributed by atoms with Gasteiger partial charge in [-0.25, -0.2) is 0 Å². The fourth-order valence-corrected chi connectivity index (χ4v) is 2.34. The molecule has 3 rings (SSSR count). The van der Waals surface area contributed by atoms with E-state index in [9.17, 15) is 5.11 Å². The summed E-state index contributed by atoms with van der Waals surface area (Å²) in [6.07, 6.45) is 1.11. The van der Waals surface area contributed by atoms with Gasteiger partial charge in [0.1, 0.15) is 13.2 Å². The highest BCUT2D eigenvalue weighted by atomic mass is 16.6. The van der Waals surface area contributed by atoms with Crippen molar-refractivity contribution >= 4 is 0 Å². The van der Waals surface area contributed by atoms with Gasteiger partial charge in [-0.2, -0.15) is 0 Å². The van der Waals surface area contributed by atoms with Crippen LogP contribution in [0.4, 0.5) is 0 Å². The predicted molar refractivity (Wildman–Crippen MR) is 75.0 cm³/mol. The van der Waals surface area contributed by atoms with Crippen LogP contribution in [0.1, 0.15) is 30.2 Å². The van der Waals surface area contributed by atoms with E-state index >= 15 is 0 Å². The Bertz CT molecular complexity index is 586. The number of benzene rings is 1. The van der Waals surface area contributed by atoms with Crippen LogP contribution in [0.15, 0.2) is 42.6 Å². The Morgan fingerprint density at radius 2 is 1.90 bits per heavy atom. The zero-order valence-corrected chi connectivity index (χ0v) is 11.3. The Morgan fingerprint density at radius 1 is 1.10 bits per heavy atom. The molecule has 20 heavy (non-hydrogen) atoms. The maximum Gasteiger partial charge on any atom is 0.161 e. The summed E-state index contributed by atoms with van der Waals surface area (Å²) in [6.45, 7) is 3.07. The van der Waals surface area contributed by atoms with Gasteiger partial charge in [-0.1, -0.05) is 19.1 Å². The summed E-state index contributed by atoms with van der Waals surface area (Å²) in [6, 6.07) is 11.3. The number of aromatic nitrogens is 1. The maximum atomic E-state index is 10.5. The van der Waals surface area contributed by atoms with E-state index in [1.165, 1.54) is 0 Å². The first-order chi connectivity index (χ1) is 9.75. The first kappa shape index (κ1) is 12.9. The third-order valence-corrected chi connectivity index (χ3v) is 3.54. The molecule has 2 heterocycles. The summed E-state index contributed by atoms with van der Waals surface area (Å²) in [5.41, 5.74) is 1.68. The molecule has 1 aromatic heterocycles. The number of pyridine rings is 1. The molecule has 1 aromatic carbocycles. The Morgan fingerprint density at radius 3 is 2.65 bits per heavy atom. The third-order valence-electron chi connectivity index (χ3n) is 3.54. The average molecular weight is 271 g/mol. The zero-order chi connectivity index (χ0) is 13.9. The fraction of sp³-hybridized carbons (Fsp3) is 0.312. The van der Waals surface area contributed by atoms with Crippen LogP contribution in [0.5, 0.6) is 11.5 Å².